The topological polar surface area (TPSA) is 112 Å². The van der Waals surface area contributed by atoms with E-state index in [1.807, 2.05) is 32.9 Å². The Kier molecular flexibility index (Phi) is 7.40. The molecule has 0 unspecified atom stereocenters. The zero-order valence-corrected chi connectivity index (χ0v) is 23.0. The first-order valence-corrected chi connectivity index (χ1v) is 13.4. The molecule has 9 heteroatoms. The summed E-state index contributed by atoms with van der Waals surface area (Å²) in [5.41, 5.74) is 3.42. The number of aryl methyl sites for hydroxylation is 1. The van der Waals surface area contributed by atoms with E-state index in [-0.39, 0.29) is 11.5 Å². The first kappa shape index (κ1) is 27.1. The number of carbonyl (C=O) groups is 1. The van der Waals surface area contributed by atoms with Gasteiger partial charge < -0.3 is 20.6 Å². The fourth-order valence-electron chi connectivity index (χ4n) is 5.21. The number of nitrogens with zero attached hydrogens (tertiary/aromatic N) is 4. The number of nitrogens with one attached hydrogen (secondary N) is 2. The van der Waals surface area contributed by atoms with Crippen LogP contribution in [0.2, 0.25) is 0 Å². The molecular formula is C31H34N6O3. The number of hydrogen-bond donors (Lipinski definition) is 3. The molecule has 0 saturated carbocycles. The van der Waals surface area contributed by atoms with E-state index < -0.39 is 5.60 Å². The number of aliphatic hydroxyl groups is 1. The number of hydrogen-bond acceptors (Lipinski definition) is 7. The van der Waals surface area contributed by atoms with Crippen LogP contribution in [0, 0.1) is 12.8 Å². The highest BCUT2D eigenvalue weighted by molar-refractivity contribution is 5.99. The summed E-state index contributed by atoms with van der Waals surface area (Å²) < 4.78 is 1.51. The largest absolute Gasteiger partial charge is 0.390 e. The Morgan fingerprint density at radius 1 is 1.07 bits per heavy atom. The highest BCUT2D eigenvalue weighted by Crippen LogP contribution is 2.31. The quantitative estimate of drug-likeness (QED) is 0.286. The monoisotopic (exact) mass is 538 g/mol. The Labute approximate surface area is 233 Å². The number of rotatable bonds is 7. The number of piperidine rings is 1. The van der Waals surface area contributed by atoms with Crippen molar-refractivity contribution in [2.75, 3.05) is 28.6 Å². The lowest BCUT2D eigenvalue weighted by Gasteiger charge is -2.38. The lowest BCUT2D eigenvalue weighted by molar-refractivity contribution is -0.111. The van der Waals surface area contributed by atoms with E-state index in [1.165, 1.54) is 10.6 Å². The molecule has 2 aromatic carbocycles. The number of pyridine rings is 1. The van der Waals surface area contributed by atoms with Crippen LogP contribution in [0.1, 0.15) is 32.3 Å². The zero-order chi connectivity index (χ0) is 28.4. The molecule has 0 bridgehead atoms. The summed E-state index contributed by atoms with van der Waals surface area (Å²) in [5.74, 6) is 0.335. The Morgan fingerprint density at radius 2 is 1.80 bits per heavy atom. The van der Waals surface area contributed by atoms with Gasteiger partial charge in [-0.1, -0.05) is 12.6 Å². The van der Waals surface area contributed by atoms with Crippen molar-refractivity contribution in [3.05, 3.63) is 89.4 Å². The maximum Gasteiger partial charge on any atom is 0.257 e. The summed E-state index contributed by atoms with van der Waals surface area (Å²) in [6.45, 7) is 10.9. The number of carbonyl (C=O) groups excluding carboxylic acids is 1. The molecular weight excluding hydrogens is 504 g/mol. The fourth-order valence-corrected chi connectivity index (χ4v) is 5.21. The molecule has 1 aliphatic heterocycles. The van der Waals surface area contributed by atoms with Gasteiger partial charge >= 0.3 is 0 Å². The molecule has 4 aromatic rings. The molecule has 0 radical (unpaired) electrons. The van der Waals surface area contributed by atoms with E-state index in [4.69, 9.17) is 4.98 Å². The third-order valence-corrected chi connectivity index (χ3v) is 7.51. The van der Waals surface area contributed by atoms with Crippen molar-refractivity contribution >= 4 is 40.0 Å². The number of anilines is 4. The fraction of sp³-hybridized carbons (Fsp3) is 0.290. The minimum atomic E-state index is -0.645. The summed E-state index contributed by atoms with van der Waals surface area (Å²) in [5, 5.41) is 17.1. The Balaban J connectivity index is 1.40. The van der Waals surface area contributed by atoms with Crippen molar-refractivity contribution in [3.63, 3.8) is 0 Å². The zero-order valence-electron chi connectivity index (χ0n) is 23.0. The van der Waals surface area contributed by atoms with Crippen molar-refractivity contribution in [1.29, 1.82) is 0 Å². The van der Waals surface area contributed by atoms with Crippen LogP contribution >= 0.6 is 0 Å². The van der Waals surface area contributed by atoms with Gasteiger partial charge in [0.05, 0.1) is 11.3 Å². The normalized spacial score (nSPS) is 14.2. The summed E-state index contributed by atoms with van der Waals surface area (Å²) in [4.78, 5) is 36.5. The van der Waals surface area contributed by atoms with Crippen LogP contribution in [0.25, 0.3) is 16.7 Å². The van der Waals surface area contributed by atoms with Gasteiger partial charge in [-0.3, -0.25) is 14.2 Å². The predicted molar refractivity (Wildman–Crippen MR) is 160 cm³/mol. The van der Waals surface area contributed by atoms with E-state index in [0.29, 0.717) is 28.9 Å². The molecule has 2 aromatic heterocycles. The second-order valence-electron chi connectivity index (χ2n) is 10.8. The molecule has 206 valence electrons. The van der Waals surface area contributed by atoms with Crippen molar-refractivity contribution in [2.24, 2.45) is 5.92 Å². The molecule has 9 nitrogen and oxygen atoms in total. The van der Waals surface area contributed by atoms with Gasteiger partial charge in [-0.25, -0.2) is 4.98 Å². The van der Waals surface area contributed by atoms with E-state index >= 15 is 0 Å². The molecule has 3 N–H and O–H groups in total. The second kappa shape index (κ2) is 10.9. The van der Waals surface area contributed by atoms with Crippen LogP contribution in [0.3, 0.4) is 0 Å². The lowest BCUT2D eigenvalue weighted by atomic mass is 9.83. The van der Waals surface area contributed by atoms with Gasteiger partial charge in [-0.2, -0.15) is 4.98 Å². The van der Waals surface area contributed by atoms with Gasteiger partial charge in [0.25, 0.3) is 5.56 Å². The molecule has 1 saturated heterocycles. The second-order valence-corrected chi connectivity index (χ2v) is 10.8. The van der Waals surface area contributed by atoms with Crippen LogP contribution in [0.5, 0.6) is 0 Å². The molecule has 1 aliphatic rings. The van der Waals surface area contributed by atoms with Crippen LogP contribution in [-0.2, 0) is 4.79 Å². The van der Waals surface area contributed by atoms with Crippen LogP contribution in [-0.4, -0.2) is 44.2 Å². The van der Waals surface area contributed by atoms with E-state index in [0.717, 1.165) is 48.3 Å². The minimum Gasteiger partial charge on any atom is -0.390 e. The molecule has 40 heavy (non-hydrogen) atoms. The van der Waals surface area contributed by atoms with Crippen molar-refractivity contribution in [1.82, 2.24) is 14.5 Å². The van der Waals surface area contributed by atoms with Gasteiger partial charge in [0.15, 0.2) is 5.65 Å². The summed E-state index contributed by atoms with van der Waals surface area (Å²) in [7, 11) is 0. The van der Waals surface area contributed by atoms with Gasteiger partial charge in [0.2, 0.25) is 11.9 Å². The maximum atomic E-state index is 13.1. The average Bonchev–Trinajstić information content (AvgIpc) is 2.93. The van der Waals surface area contributed by atoms with Crippen LogP contribution < -0.4 is 21.1 Å². The summed E-state index contributed by atoms with van der Waals surface area (Å²) in [6, 6.07) is 16.7. The van der Waals surface area contributed by atoms with Gasteiger partial charge in [0.1, 0.15) is 0 Å². The highest BCUT2D eigenvalue weighted by Gasteiger charge is 2.30. The third kappa shape index (κ3) is 5.74. The van der Waals surface area contributed by atoms with Crippen molar-refractivity contribution in [2.45, 2.75) is 39.2 Å². The Hall–Kier alpha value is -4.50. The first-order valence-electron chi connectivity index (χ1n) is 13.4. The first-order chi connectivity index (χ1) is 19.1. The lowest BCUT2D eigenvalue weighted by Crippen LogP contribution is -2.41. The number of benzene rings is 2. The number of fused-ring (bicyclic) bond motifs is 1. The van der Waals surface area contributed by atoms with E-state index in [1.54, 1.807) is 36.5 Å². The van der Waals surface area contributed by atoms with Crippen LogP contribution in [0.4, 0.5) is 23.0 Å². The average molecular weight is 539 g/mol. The Morgan fingerprint density at radius 3 is 2.48 bits per heavy atom. The smallest absolute Gasteiger partial charge is 0.257 e. The third-order valence-electron chi connectivity index (χ3n) is 7.51. The SMILES string of the molecule is C=CC(=O)Nc1cccc(-n2c(=O)cc(C)c3cnc(Nc4ccc(N5CCC(C(C)(C)O)CC5)cc4)nc32)c1. The highest BCUT2D eigenvalue weighted by atomic mass is 16.3. The van der Waals surface area contributed by atoms with Crippen molar-refractivity contribution in [3.8, 4) is 5.69 Å². The minimum absolute atomic E-state index is 0.237. The number of amides is 1. The molecule has 3 heterocycles. The number of aromatic nitrogens is 3. The van der Waals surface area contributed by atoms with Gasteiger partial charge in [-0.05, 0) is 93.6 Å². The molecule has 1 fully saturated rings. The van der Waals surface area contributed by atoms with Gasteiger partial charge in [0, 0.05) is 47.8 Å². The molecule has 1 amide bonds. The molecule has 5 rings (SSSR count). The molecule has 0 spiro atoms. The molecule has 0 atom stereocenters. The maximum absolute atomic E-state index is 13.1. The standard InChI is InChI=1S/C31H34N6O3/c1-5-27(38)33-23-7-6-8-25(18-23)37-28(39)17-20(2)26-19-32-30(35-29(26)37)34-22-9-11-24(12-10-22)36-15-13-21(14-16-36)31(3,4)40/h5-12,17-19,21,40H,1,13-16H2,2-4H3,(H,33,38)(H,32,34,35). The van der Waals surface area contributed by atoms with E-state index in [2.05, 4.69) is 39.2 Å². The summed E-state index contributed by atoms with van der Waals surface area (Å²) >= 11 is 0. The van der Waals surface area contributed by atoms with Gasteiger partial charge in [-0.15, -0.1) is 0 Å². The predicted octanol–water partition coefficient (Wildman–Crippen LogP) is 4.94. The van der Waals surface area contributed by atoms with E-state index in [9.17, 15) is 14.7 Å². The van der Waals surface area contributed by atoms with Crippen LogP contribution in [0.15, 0.2) is 78.2 Å². The molecule has 0 aliphatic carbocycles. The van der Waals surface area contributed by atoms with Crippen molar-refractivity contribution < 1.29 is 9.90 Å². The Bertz CT molecular complexity index is 1610. The summed E-state index contributed by atoms with van der Waals surface area (Å²) in [6.07, 6.45) is 4.82.